The molecule has 3 heteroatoms. The van der Waals surface area contributed by atoms with Crippen LogP contribution in [0.2, 0.25) is 0 Å². The van der Waals surface area contributed by atoms with Crippen LogP contribution < -0.4 is 4.74 Å². The molecule has 1 N–H and O–H groups in total. The highest BCUT2D eigenvalue weighted by molar-refractivity contribution is 5.47. The highest BCUT2D eigenvalue weighted by Crippen LogP contribution is 2.54. The molecule has 1 saturated heterocycles. The van der Waals surface area contributed by atoms with Crippen LogP contribution in [0.3, 0.4) is 0 Å². The van der Waals surface area contributed by atoms with Gasteiger partial charge in [-0.1, -0.05) is 18.2 Å². The highest BCUT2D eigenvalue weighted by atomic mass is 16.5. The molecular weight excluding hydrogens is 262 g/mol. The predicted octanol–water partition coefficient (Wildman–Crippen LogP) is 2.13. The molecule has 112 valence electrons. The van der Waals surface area contributed by atoms with Crippen molar-refractivity contribution in [2.24, 2.45) is 5.92 Å². The van der Waals surface area contributed by atoms with Crippen molar-refractivity contribution in [3.8, 4) is 5.75 Å². The van der Waals surface area contributed by atoms with Crippen LogP contribution in [-0.2, 0) is 11.8 Å². The van der Waals surface area contributed by atoms with Gasteiger partial charge in [0.05, 0.1) is 13.2 Å². The van der Waals surface area contributed by atoms with Gasteiger partial charge in [0.1, 0.15) is 5.75 Å². The molecule has 1 heterocycles. The Morgan fingerprint density at radius 1 is 1.33 bits per heavy atom. The van der Waals surface area contributed by atoms with Crippen LogP contribution in [0.1, 0.15) is 24.0 Å². The van der Waals surface area contributed by atoms with Gasteiger partial charge < -0.3 is 14.7 Å². The van der Waals surface area contributed by atoms with Crippen molar-refractivity contribution >= 4 is 0 Å². The normalized spacial score (nSPS) is 37.8. The first-order chi connectivity index (χ1) is 10.1. The smallest absolute Gasteiger partial charge is 0.119 e. The summed E-state index contributed by atoms with van der Waals surface area (Å²) < 4.78 is 5.45. The molecule has 1 fully saturated rings. The maximum Gasteiger partial charge on any atom is 0.119 e. The van der Waals surface area contributed by atoms with Gasteiger partial charge in [0.2, 0.25) is 0 Å². The van der Waals surface area contributed by atoms with Crippen molar-refractivity contribution in [2.75, 3.05) is 20.7 Å². The predicted molar refractivity (Wildman–Crippen MR) is 82.7 cm³/mol. The van der Waals surface area contributed by atoms with Gasteiger partial charge in [0.15, 0.2) is 0 Å². The van der Waals surface area contributed by atoms with Gasteiger partial charge in [-0.2, -0.15) is 0 Å². The molecule has 4 rings (SSSR count). The monoisotopic (exact) mass is 285 g/mol. The van der Waals surface area contributed by atoms with Gasteiger partial charge in [-0.05, 0) is 56.1 Å². The van der Waals surface area contributed by atoms with E-state index in [1.807, 2.05) is 6.08 Å². The molecule has 0 amide bonds. The lowest BCUT2D eigenvalue weighted by atomic mass is 9.54. The molecule has 2 aliphatic carbocycles. The molecule has 0 radical (unpaired) electrons. The second-order valence-corrected chi connectivity index (χ2v) is 6.86. The Morgan fingerprint density at radius 2 is 2.19 bits per heavy atom. The average Bonchev–Trinajstić information content (AvgIpc) is 2.50. The summed E-state index contributed by atoms with van der Waals surface area (Å²) in [5.74, 6) is 1.45. The van der Waals surface area contributed by atoms with Crippen LogP contribution in [0.15, 0.2) is 30.4 Å². The number of ether oxygens (including phenoxy) is 1. The highest BCUT2D eigenvalue weighted by Gasteiger charge is 2.53. The third kappa shape index (κ3) is 1.80. The number of methoxy groups -OCH3 is 1. The molecule has 0 unspecified atom stereocenters. The lowest BCUT2D eigenvalue weighted by molar-refractivity contribution is 0.0208. The van der Waals surface area contributed by atoms with Crippen molar-refractivity contribution in [2.45, 2.75) is 36.8 Å². The number of aliphatic hydroxyl groups excluding tert-OH is 1. The van der Waals surface area contributed by atoms with E-state index >= 15 is 0 Å². The Hall–Kier alpha value is -1.32. The summed E-state index contributed by atoms with van der Waals surface area (Å²) in [6.07, 6.45) is 7.02. The number of likely N-dealkylation sites (tertiary alicyclic amines) is 1. The number of benzene rings is 1. The topological polar surface area (TPSA) is 32.7 Å². The summed E-state index contributed by atoms with van der Waals surface area (Å²) in [4.78, 5) is 2.50. The molecule has 0 saturated carbocycles. The van der Waals surface area contributed by atoms with Gasteiger partial charge in [0, 0.05) is 17.4 Å². The van der Waals surface area contributed by atoms with Crippen molar-refractivity contribution < 1.29 is 9.84 Å². The zero-order valence-electron chi connectivity index (χ0n) is 12.7. The standard InChI is InChI=1S/C18H23NO2/c1-19-8-7-18-11-13(20)4-6-15(18)17(19)9-12-3-5-14(21-2)10-16(12)18/h3-6,10,13,15,17,20H,7-9,11H2,1-2H3/t13-,15-,17-,18+/m0/s1. The van der Waals surface area contributed by atoms with E-state index in [-0.39, 0.29) is 11.5 Å². The van der Waals surface area contributed by atoms with E-state index < -0.39 is 0 Å². The molecule has 1 aromatic rings. The molecular formula is C18H23NO2. The first kappa shape index (κ1) is 13.4. The Balaban J connectivity index is 1.91. The fourth-order valence-corrected chi connectivity index (χ4v) is 4.85. The molecule has 0 aromatic heterocycles. The van der Waals surface area contributed by atoms with Crippen LogP contribution in [0.25, 0.3) is 0 Å². The van der Waals surface area contributed by atoms with Gasteiger partial charge in [-0.25, -0.2) is 0 Å². The molecule has 2 bridgehead atoms. The quantitative estimate of drug-likeness (QED) is 0.802. The summed E-state index contributed by atoms with van der Waals surface area (Å²) in [6, 6.07) is 7.07. The maximum absolute atomic E-state index is 10.2. The minimum absolute atomic E-state index is 0.0907. The third-order valence-corrected chi connectivity index (χ3v) is 5.93. The van der Waals surface area contributed by atoms with E-state index in [9.17, 15) is 5.11 Å². The molecule has 1 aromatic carbocycles. The second kappa shape index (κ2) is 4.59. The first-order valence-electron chi connectivity index (χ1n) is 7.88. The van der Waals surface area contributed by atoms with E-state index in [2.05, 4.69) is 36.2 Å². The van der Waals surface area contributed by atoms with E-state index in [0.29, 0.717) is 12.0 Å². The summed E-state index contributed by atoms with van der Waals surface area (Å²) in [5, 5.41) is 10.2. The summed E-state index contributed by atoms with van der Waals surface area (Å²) >= 11 is 0. The number of rotatable bonds is 1. The molecule has 21 heavy (non-hydrogen) atoms. The van der Waals surface area contributed by atoms with Crippen molar-refractivity contribution in [3.05, 3.63) is 41.5 Å². The van der Waals surface area contributed by atoms with E-state index in [1.54, 1.807) is 7.11 Å². The van der Waals surface area contributed by atoms with Gasteiger partial charge in [0.25, 0.3) is 0 Å². The zero-order valence-corrected chi connectivity index (χ0v) is 12.7. The number of piperidine rings is 1. The molecule has 3 aliphatic rings. The largest absolute Gasteiger partial charge is 0.497 e. The van der Waals surface area contributed by atoms with Crippen molar-refractivity contribution in [1.29, 1.82) is 0 Å². The Labute approximate surface area is 126 Å². The van der Waals surface area contributed by atoms with Crippen molar-refractivity contribution in [1.82, 2.24) is 4.90 Å². The molecule has 4 atom stereocenters. The van der Waals surface area contributed by atoms with E-state index in [4.69, 9.17) is 4.74 Å². The minimum atomic E-state index is -0.317. The Morgan fingerprint density at radius 3 is 3.00 bits per heavy atom. The molecule has 1 aliphatic heterocycles. The van der Waals surface area contributed by atoms with E-state index in [1.165, 1.54) is 11.1 Å². The number of hydrogen-bond donors (Lipinski definition) is 1. The van der Waals surface area contributed by atoms with Crippen LogP contribution in [0, 0.1) is 5.92 Å². The summed E-state index contributed by atoms with van der Waals surface area (Å²) in [6.45, 7) is 1.11. The number of aliphatic hydroxyl groups is 1. The summed E-state index contributed by atoms with van der Waals surface area (Å²) in [7, 11) is 3.97. The molecule has 3 nitrogen and oxygen atoms in total. The van der Waals surface area contributed by atoms with Crippen LogP contribution in [0.5, 0.6) is 5.75 Å². The van der Waals surface area contributed by atoms with Crippen LogP contribution >= 0.6 is 0 Å². The Kier molecular flexibility index (Phi) is 2.92. The fourth-order valence-electron chi connectivity index (χ4n) is 4.85. The minimum Gasteiger partial charge on any atom is -0.497 e. The van der Waals surface area contributed by atoms with Crippen LogP contribution in [0.4, 0.5) is 0 Å². The van der Waals surface area contributed by atoms with Gasteiger partial charge in [-0.15, -0.1) is 0 Å². The number of nitrogens with zero attached hydrogens (tertiary/aromatic N) is 1. The maximum atomic E-state index is 10.2. The zero-order chi connectivity index (χ0) is 14.6. The summed E-state index contributed by atoms with van der Waals surface area (Å²) in [5.41, 5.74) is 2.94. The second-order valence-electron chi connectivity index (χ2n) is 6.86. The fraction of sp³-hybridized carbons (Fsp3) is 0.556. The van der Waals surface area contributed by atoms with E-state index in [0.717, 1.165) is 31.6 Å². The Bertz CT molecular complexity index is 597. The molecule has 0 spiro atoms. The lowest BCUT2D eigenvalue weighted by Crippen LogP contribution is -2.60. The third-order valence-electron chi connectivity index (χ3n) is 5.93. The first-order valence-corrected chi connectivity index (χ1v) is 7.88. The van der Waals surface area contributed by atoms with Gasteiger partial charge >= 0.3 is 0 Å². The van der Waals surface area contributed by atoms with Crippen molar-refractivity contribution in [3.63, 3.8) is 0 Å². The average molecular weight is 285 g/mol. The SMILES string of the molecule is COc1ccc2c(c1)[C@@]13CCN(C)[C@@H](C2)[C@@H]1C=C[C@H](O)C3. The number of hydrogen-bond acceptors (Lipinski definition) is 3. The van der Waals surface area contributed by atoms with Gasteiger partial charge in [-0.3, -0.25) is 0 Å². The number of fused-ring (bicyclic) bond motifs is 1. The number of likely N-dealkylation sites (N-methyl/N-ethyl adjacent to an activating group) is 1. The lowest BCUT2D eigenvalue weighted by Gasteiger charge is -2.57. The van der Waals surface area contributed by atoms with Crippen LogP contribution in [-0.4, -0.2) is 42.9 Å².